The first-order valence-electron chi connectivity index (χ1n) is 17.2. The van der Waals surface area contributed by atoms with E-state index in [4.69, 9.17) is 0 Å². The summed E-state index contributed by atoms with van der Waals surface area (Å²) in [7, 11) is -8.66. The number of hydrogen-bond acceptors (Lipinski definition) is 6. The Morgan fingerprint density at radius 2 is 0.711 bits per heavy atom. The van der Waals surface area contributed by atoms with Crippen LogP contribution in [0, 0.1) is 0 Å². The monoisotopic (exact) mass is 788 g/mol. The fraction of sp³-hybridized carbons (Fsp3) is 0.667. The molecule has 2 rings (SSSR count). The Bertz CT molecular complexity index is 1120. The van der Waals surface area contributed by atoms with Gasteiger partial charge in [-0.2, -0.15) is 0 Å². The van der Waals surface area contributed by atoms with Crippen LogP contribution in [0.1, 0.15) is 153 Å². The summed E-state index contributed by atoms with van der Waals surface area (Å²) in [6.07, 6.45) is 27.4. The maximum absolute atomic E-state index is 11.0. The van der Waals surface area contributed by atoms with E-state index >= 15 is 0 Å². The van der Waals surface area contributed by atoms with E-state index in [2.05, 4.69) is 13.8 Å². The van der Waals surface area contributed by atoms with Gasteiger partial charge >= 0.3 is 48.9 Å². The van der Waals surface area contributed by atoms with Gasteiger partial charge in [0, 0.05) is 0 Å². The van der Waals surface area contributed by atoms with E-state index in [0.29, 0.717) is 0 Å². The van der Waals surface area contributed by atoms with Crippen molar-refractivity contribution in [2.24, 2.45) is 0 Å². The Labute approximate surface area is 316 Å². The third kappa shape index (κ3) is 24.6. The molecule has 2 aromatic rings. The second kappa shape index (κ2) is 27.7. The van der Waals surface area contributed by atoms with Gasteiger partial charge in [-0.15, -0.1) is 0 Å². The molecule has 0 radical (unpaired) electrons. The van der Waals surface area contributed by atoms with Crippen LogP contribution in [-0.4, -0.2) is 74.8 Å². The van der Waals surface area contributed by atoms with Crippen molar-refractivity contribution < 1.29 is 25.9 Å². The van der Waals surface area contributed by atoms with E-state index < -0.39 is 20.2 Å². The molecule has 0 aliphatic carbocycles. The summed E-state index contributed by atoms with van der Waals surface area (Å²) >= 11 is 0. The predicted molar refractivity (Wildman–Crippen MR) is 186 cm³/mol. The van der Waals surface area contributed by atoms with Crippen LogP contribution >= 0.6 is 0 Å². The van der Waals surface area contributed by atoms with Crippen LogP contribution in [0.2, 0.25) is 0 Å². The summed E-state index contributed by atoms with van der Waals surface area (Å²) in [4.78, 5) is -0.228. The van der Waals surface area contributed by atoms with Crippen molar-refractivity contribution >= 4 is 69.1 Å². The molecule has 6 nitrogen and oxygen atoms in total. The molecule has 0 aromatic heterocycles. The molecule has 0 saturated heterocycles. The van der Waals surface area contributed by atoms with Crippen molar-refractivity contribution in [1.29, 1.82) is 0 Å². The molecule has 0 heterocycles. The quantitative estimate of drug-likeness (QED) is 0.0595. The molecular formula is C36H58BaO6S2. The Balaban J connectivity index is 0.000000842. The number of rotatable bonds is 24. The van der Waals surface area contributed by atoms with E-state index in [1.807, 2.05) is 12.1 Å². The molecule has 45 heavy (non-hydrogen) atoms. The topological polar surface area (TPSA) is 114 Å². The van der Waals surface area contributed by atoms with Gasteiger partial charge in [0.1, 0.15) is 20.2 Å². The van der Waals surface area contributed by atoms with Gasteiger partial charge in [0.25, 0.3) is 0 Å². The molecular weight excluding hydrogens is 730 g/mol. The third-order valence-electron chi connectivity index (χ3n) is 8.01. The second-order valence-corrected chi connectivity index (χ2v) is 14.8. The molecule has 0 unspecified atom stereocenters. The minimum absolute atomic E-state index is 0. The number of unbranched alkanes of at least 4 members (excludes halogenated alkanes) is 18. The van der Waals surface area contributed by atoms with Crippen molar-refractivity contribution in [1.82, 2.24) is 0 Å². The summed E-state index contributed by atoms with van der Waals surface area (Å²) in [5, 5.41) is 0. The number of benzene rings is 2. The van der Waals surface area contributed by atoms with Crippen LogP contribution in [-0.2, 0) is 33.1 Å². The van der Waals surface area contributed by atoms with Gasteiger partial charge in [0.15, 0.2) is 0 Å². The van der Waals surface area contributed by atoms with Crippen LogP contribution in [0.5, 0.6) is 0 Å². The average molecular weight is 788 g/mol. The number of hydrogen-bond donors (Lipinski definition) is 0. The summed E-state index contributed by atoms with van der Waals surface area (Å²) in [5.74, 6) is 0. The molecule has 9 heteroatoms. The molecule has 0 bridgehead atoms. The van der Waals surface area contributed by atoms with E-state index in [1.165, 1.54) is 140 Å². The zero-order chi connectivity index (χ0) is 32.5. The Morgan fingerprint density at radius 3 is 0.978 bits per heavy atom. The van der Waals surface area contributed by atoms with Crippen LogP contribution in [0.15, 0.2) is 58.3 Å². The summed E-state index contributed by atoms with van der Waals surface area (Å²) < 4.78 is 65.8. The molecule has 0 spiro atoms. The van der Waals surface area contributed by atoms with Crippen molar-refractivity contribution in [3.05, 3.63) is 59.7 Å². The summed E-state index contributed by atoms with van der Waals surface area (Å²) in [6.45, 7) is 4.48. The van der Waals surface area contributed by atoms with Gasteiger partial charge in [-0.25, -0.2) is 16.8 Å². The van der Waals surface area contributed by atoms with E-state index in [0.717, 1.165) is 36.8 Å². The maximum Gasteiger partial charge on any atom is 2.00 e. The molecule has 0 N–H and O–H groups in total. The van der Waals surface area contributed by atoms with Crippen LogP contribution in [0.3, 0.4) is 0 Å². The summed E-state index contributed by atoms with van der Waals surface area (Å²) in [5.41, 5.74) is 1.88. The van der Waals surface area contributed by atoms with Crippen LogP contribution < -0.4 is 0 Å². The SMILES string of the molecule is CCCCCCCCCCCCc1cccc(S(=O)(=O)[O-])c1.CCCCCCCCCCCCc1cccc(S(=O)(=O)[O-])c1.[Ba+2]. The van der Waals surface area contributed by atoms with Gasteiger partial charge < -0.3 is 9.11 Å². The molecule has 2 aromatic carbocycles. The van der Waals surface area contributed by atoms with Crippen LogP contribution in [0.4, 0.5) is 0 Å². The van der Waals surface area contributed by atoms with Crippen molar-refractivity contribution in [2.45, 2.75) is 165 Å². The molecule has 0 aliphatic heterocycles. The zero-order valence-corrected chi connectivity index (χ0v) is 34.2. The van der Waals surface area contributed by atoms with Gasteiger partial charge in [0.05, 0.1) is 9.79 Å². The van der Waals surface area contributed by atoms with Gasteiger partial charge in [0.2, 0.25) is 0 Å². The Morgan fingerprint density at radius 1 is 0.444 bits per heavy atom. The summed E-state index contributed by atoms with van der Waals surface area (Å²) in [6, 6.07) is 12.8. The van der Waals surface area contributed by atoms with E-state index in [1.54, 1.807) is 12.1 Å². The van der Waals surface area contributed by atoms with Crippen molar-refractivity contribution in [3.8, 4) is 0 Å². The second-order valence-electron chi connectivity index (χ2n) is 12.1. The zero-order valence-electron chi connectivity index (χ0n) is 28.1. The molecule has 0 fully saturated rings. The minimum atomic E-state index is -4.33. The minimum Gasteiger partial charge on any atom is -0.744 e. The first-order chi connectivity index (χ1) is 21.1. The smallest absolute Gasteiger partial charge is 0.744 e. The van der Waals surface area contributed by atoms with Crippen molar-refractivity contribution in [2.75, 3.05) is 0 Å². The largest absolute Gasteiger partial charge is 2.00 e. The van der Waals surface area contributed by atoms with E-state index in [-0.39, 0.29) is 58.7 Å². The number of aryl methyl sites for hydroxylation is 2. The Kier molecular flexibility index (Phi) is 27.6. The molecule has 0 amide bonds. The Hall–Kier alpha value is -0.169. The average Bonchev–Trinajstić information content (AvgIpc) is 2.99. The predicted octanol–water partition coefficient (Wildman–Crippen LogP) is 9.73. The van der Waals surface area contributed by atoms with Crippen molar-refractivity contribution in [3.63, 3.8) is 0 Å². The van der Waals surface area contributed by atoms with Gasteiger partial charge in [-0.3, -0.25) is 0 Å². The van der Waals surface area contributed by atoms with Gasteiger partial charge in [-0.05, 0) is 61.1 Å². The third-order valence-corrected chi connectivity index (χ3v) is 9.67. The normalized spacial score (nSPS) is 11.5. The molecule has 252 valence electrons. The standard InChI is InChI=1S/2C18H30O3S.Ba/c2*1-2-3-4-5-6-7-8-9-10-11-13-17-14-12-15-18(16-17)22(19,20)21;/h2*12,14-16H,2-11,13H2,1H3,(H,19,20,21);/q;;+2/p-2. The molecule has 0 saturated carbocycles. The molecule has 0 aliphatic rings. The molecule has 0 atom stereocenters. The first-order valence-corrected chi connectivity index (χ1v) is 20.0. The maximum atomic E-state index is 11.0. The van der Waals surface area contributed by atoms with Crippen LogP contribution in [0.25, 0.3) is 0 Å². The fourth-order valence-corrected chi connectivity index (χ4v) is 6.43. The fourth-order valence-electron chi connectivity index (χ4n) is 5.35. The first kappa shape index (κ1) is 44.8. The van der Waals surface area contributed by atoms with E-state index in [9.17, 15) is 25.9 Å². The van der Waals surface area contributed by atoms with Gasteiger partial charge in [-0.1, -0.05) is 154 Å².